The molecular weight excluding hydrogens is 366 g/mol. The fourth-order valence-corrected chi connectivity index (χ4v) is 2.86. The first-order valence-electron chi connectivity index (χ1n) is 9.24. The van der Waals surface area contributed by atoms with Crippen LogP contribution < -0.4 is 5.32 Å². The Balaban J connectivity index is 1.54. The molecule has 3 rings (SSSR count). The van der Waals surface area contributed by atoms with Crippen molar-refractivity contribution in [2.24, 2.45) is 7.05 Å². The molecule has 0 unspecified atom stereocenters. The van der Waals surface area contributed by atoms with E-state index >= 15 is 0 Å². The summed E-state index contributed by atoms with van der Waals surface area (Å²) in [5.74, 6) is -0.622. The van der Waals surface area contributed by atoms with Gasteiger partial charge in [-0.05, 0) is 49.8 Å². The van der Waals surface area contributed by atoms with E-state index in [4.69, 9.17) is 4.74 Å². The van der Waals surface area contributed by atoms with Gasteiger partial charge < -0.3 is 10.1 Å². The number of esters is 1. The predicted octanol–water partition coefficient (Wildman–Crippen LogP) is 4.05. The van der Waals surface area contributed by atoms with Gasteiger partial charge >= 0.3 is 5.97 Å². The zero-order valence-electron chi connectivity index (χ0n) is 16.7. The van der Waals surface area contributed by atoms with Gasteiger partial charge in [0.1, 0.15) is 6.61 Å². The number of para-hydroxylation sites is 1. The van der Waals surface area contributed by atoms with Crippen molar-refractivity contribution in [1.29, 1.82) is 0 Å². The van der Waals surface area contributed by atoms with Crippen LogP contribution in [0.15, 0.2) is 60.7 Å². The molecule has 2 aromatic carbocycles. The molecule has 29 heavy (non-hydrogen) atoms. The highest BCUT2D eigenvalue weighted by atomic mass is 16.5. The first-order chi connectivity index (χ1) is 13.9. The van der Waals surface area contributed by atoms with Crippen molar-refractivity contribution in [1.82, 2.24) is 9.78 Å². The molecule has 0 aliphatic rings. The fourth-order valence-electron chi connectivity index (χ4n) is 2.86. The SMILES string of the molecule is Cc1nn(C)c(C)c1/C=C/C(=O)OCc1ccc(C(=O)Nc2ccccc2)cc1. The number of benzene rings is 2. The van der Waals surface area contributed by atoms with Crippen LogP contribution in [0.1, 0.15) is 32.9 Å². The third-order valence-electron chi connectivity index (χ3n) is 4.58. The molecular formula is C23H23N3O3. The zero-order valence-corrected chi connectivity index (χ0v) is 16.7. The van der Waals surface area contributed by atoms with Gasteiger partial charge in [0.25, 0.3) is 5.91 Å². The van der Waals surface area contributed by atoms with Crippen LogP contribution in [0.3, 0.4) is 0 Å². The number of carbonyl (C=O) groups is 2. The van der Waals surface area contributed by atoms with Crippen molar-refractivity contribution in [3.63, 3.8) is 0 Å². The number of hydrogen-bond acceptors (Lipinski definition) is 4. The van der Waals surface area contributed by atoms with Gasteiger partial charge in [-0.1, -0.05) is 30.3 Å². The van der Waals surface area contributed by atoms with Gasteiger partial charge in [0.2, 0.25) is 0 Å². The minimum atomic E-state index is -0.432. The second kappa shape index (κ2) is 9.01. The Labute approximate surface area is 169 Å². The summed E-state index contributed by atoms with van der Waals surface area (Å²) < 4.78 is 7.05. The zero-order chi connectivity index (χ0) is 20.8. The number of nitrogens with one attached hydrogen (secondary N) is 1. The van der Waals surface area contributed by atoms with Gasteiger partial charge in [-0.15, -0.1) is 0 Å². The van der Waals surface area contributed by atoms with Gasteiger partial charge in [-0.3, -0.25) is 9.48 Å². The number of carbonyl (C=O) groups excluding carboxylic acids is 2. The van der Waals surface area contributed by atoms with E-state index in [-0.39, 0.29) is 12.5 Å². The van der Waals surface area contributed by atoms with Gasteiger partial charge in [-0.25, -0.2) is 4.79 Å². The molecule has 0 bridgehead atoms. The Hall–Kier alpha value is -3.67. The van der Waals surface area contributed by atoms with Crippen molar-refractivity contribution in [3.05, 3.63) is 88.8 Å². The van der Waals surface area contributed by atoms with Gasteiger partial charge in [0.15, 0.2) is 0 Å². The lowest BCUT2D eigenvalue weighted by atomic mass is 10.1. The average molecular weight is 389 g/mol. The van der Waals surface area contributed by atoms with Crippen LogP contribution in [0.4, 0.5) is 5.69 Å². The van der Waals surface area contributed by atoms with Crippen molar-refractivity contribution < 1.29 is 14.3 Å². The molecule has 0 saturated carbocycles. The van der Waals surface area contributed by atoms with Crippen molar-refractivity contribution in [3.8, 4) is 0 Å². The number of ether oxygens (including phenoxy) is 1. The number of anilines is 1. The summed E-state index contributed by atoms with van der Waals surface area (Å²) >= 11 is 0. The van der Waals surface area contributed by atoms with Crippen molar-refractivity contribution in [2.45, 2.75) is 20.5 Å². The number of aromatic nitrogens is 2. The highest BCUT2D eigenvalue weighted by molar-refractivity contribution is 6.04. The third kappa shape index (κ3) is 5.19. The molecule has 1 heterocycles. The Morgan fingerprint density at radius 2 is 1.76 bits per heavy atom. The normalized spacial score (nSPS) is 10.9. The molecule has 3 aromatic rings. The lowest BCUT2D eigenvalue weighted by Gasteiger charge is -2.06. The van der Waals surface area contributed by atoms with Gasteiger partial charge in [0, 0.05) is 35.6 Å². The lowest BCUT2D eigenvalue weighted by molar-refractivity contribution is -0.138. The number of nitrogens with zero attached hydrogens (tertiary/aromatic N) is 2. The quantitative estimate of drug-likeness (QED) is 0.510. The second-order valence-corrected chi connectivity index (χ2v) is 6.67. The van der Waals surface area contributed by atoms with E-state index in [1.165, 1.54) is 6.08 Å². The molecule has 1 aromatic heterocycles. The Kier molecular flexibility index (Phi) is 6.24. The largest absolute Gasteiger partial charge is 0.458 e. The molecule has 1 N–H and O–H groups in total. The molecule has 6 heteroatoms. The highest BCUT2D eigenvalue weighted by Gasteiger charge is 2.08. The summed E-state index contributed by atoms with van der Waals surface area (Å²) in [5, 5.41) is 7.14. The molecule has 0 radical (unpaired) electrons. The molecule has 0 aliphatic heterocycles. The van der Waals surface area contributed by atoms with E-state index in [0.29, 0.717) is 5.56 Å². The van der Waals surface area contributed by atoms with Crippen molar-refractivity contribution >= 4 is 23.6 Å². The Morgan fingerprint density at radius 1 is 1.07 bits per heavy atom. The van der Waals surface area contributed by atoms with E-state index in [1.807, 2.05) is 51.2 Å². The van der Waals surface area contributed by atoms with E-state index < -0.39 is 5.97 Å². The number of aryl methyl sites for hydroxylation is 2. The first kappa shape index (κ1) is 20.1. The van der Waals surface area contributed by atoms with Crippen LogP contribution in [0.5, 0.6) is 0 Å². The molecule has 0 atom stereocenters. The maximum absolute atomic E-state index is 12.3. The van der Waals surface area contributed by atoms with E-state index in [1.54, 1.807) is 35.0 Å². The summed E-state index contributed by atoms with van der Waals surface area (Å²) in [6.45, 7) is 3.97. The third-order valence-corrected chi connectivity index (χ3v) is 4.58. The molecule has 6 nitrogen and oxygen atoms in total. The predicted molar refractivity (Wildman–Crippen MR) is 112 cm³/mol. The monoisotopic (exact) mass is 389 g/mol. The highest BCUT2D eigenvalue weighted by Crippen LogP contribution is 2.14. The molecule has 0 aliphatic carbocycles. The topological polar surface area (TPSA) is 73.2 Å². The molecule has 0 spiro atoms. The standard InChI is InChI=1S/C23H23N3O3/c1-16-21(17(2)26(3)25-16)13-14-22(27)29-15-18-9-11-19(12-10-18)23(28)24-20-7-5-4-6-8-20/h4-14H,15H2,1-3H3,(H,24,28)/b14-13+. The van der Waals surface area contributed by atoms with E-state index in [2.05, 4.69) is 10.4 Å². The molecule has 148 valence electrons. The van der Waals surface area contributed by atoms with Gasteiger partial charge in [-0.2, -0.15) is 5.10 Å². The summed E-state index contributed by atoms with van der Waals surface area (Å²) in [5.41, 5.74) is 4.83. The van der Waals surface area contributed by atoms with Crippen LogP contribution in [0.25, 0.3) is 6.08 Å². The maximum atomic E-state index is 12.3. The number of hydrogen-bond donors (Lipinski definition) is 1. The minimum Gasteiger partial charge on any atom is -0.458 e. The summed E-state index contributed by atoms with van der Waals surface area (Å²) in [7, 11) is 1.86. The van der Waals surface area contributed by atoms with Crippen LogP contribution in [-0.2, 0) is 23.2 Å². The minimum absolute atomic E-state index is 0.134. The van der Waals surface area contributed by atoms with Gasteiger partial charge in [0.05, 0.1) is 5.69 Å². The maximum Gasteiger partial charge on any atom is 0.331 e. The Bertz CT molecular complexity index is 1040. The van der Waals surface area contributed by atoms with Crippen LogP contribution in [-0.4, -0.2) is 21.7 Å². The van der Waals surface area contributed by atoms with E-state index in [9.17, 15) is 9.59 Å². The molecule has 0 fully saturated rings. The fraction of sp³-hybridized carbons (Fsp3) is 0.174. The van der Waals surface area contributed by atoms with Crippen LogP contribution in [0.2, 0.25) is 0 Å². The molecule has 1 amide bonds. The summed E-state index contributed by atoms with van der Waals surface area (Å²) in [6, 6.07) is 16.2. The van der Waals surface area contributed by atoms with Crippen LogP contribution >= 0.6 is 0 Å². The van der Waals surface area contributed by atoms with E-state index in [0.717, 1.165) is 28.2 Å². The summed E-state index contributed by atoms with van der Waals surface area (Å²) in [4.78, 5) is 24.3. The second-order valence-electron chi connectivity index (χ2n) is 6.67. The number of rotatable bonds is 6. The smallest absolute Gasteiger partial charge is 0.331 e. The van der Waals surface area contributed by atoms with Crippen LogP contribution in [0, 0.1) is 13.8 Å². The average Bonchev–Trinajstić information content (AvgIpc) is 2.97. The number of amides is 1. The molecule has 0 saturated heterocycles. The Morgan fingerprint density at radius 3 is 2.38 bits per heavy atom. The lowest BCUT2D eigenvalue weighted by Crippen LogP contribution is -2.11. The first-order valence-corrected chi connectivity index (χ1v) is 9.24. The van der Waals surface area contributed by atoms with Crippen molar-refractivity contribution in [2.75, 3.05) is 5.32 Å². The summed E-state index contributed by atoms with van der Waals surface area (Å²) in [6.07, 6.45) is 3.12.